The molecule has 5 rings (SSSR count). The summed E-state index contributed by atoms with van der Waals surface area (Å²) in [6.45, 7) is 2.39. The fourth-order valence-electron chi connectivity index (χ4n) is 6.40. The fourth-order valence-corrected chi connectivity index (χ4v) is 6.68. The molecule has 1 saturated carbocycles. The van der Waals surface area contributed by atoms with Gasteiger partial charge in [-0.3, -0.25) is 4.39 Å². The summed E-state index contributed by atoms with van der Waals surface area (Å²) in [5, 5.41) is 0.706. The molecule has 40 heavy (non-hydrogen) atoms. The number of unbranched alkanes of at least 4 members (excludes halogenated alkanes) is 2. The molecule has 2 N–H and O–H groups in total. The fraction of sp³-hybridized carbons (Fsp3) is 0.429. The highest BCUT2D eigenvalue weighted by molar-refractivity contribution is 6.33. The maximum atomic E-state index is 12.4. The second-order valence-electron chi connectivity index (χ2n) is 11.2. The minimum absolute atomic E-state index is 0.197. The normalized spacial score (nSPS) is 18.9. The molecule has 0 heterocycles. The first kappa shape index (κ1) is 28.5. The summed E-state index contributed by atoms with van der Waals surface area (Å²) in [6.07, 6.45) is 10.6. The number of aryl methyl sites for hydroxylation is 1. The number of rotatable bonds is 11. The van der Waals surface area contributed by atoms with Gasteiger partial charge < -0.3 is 15.2 Å². The lowest BCUT2D eigenvalue weighted by atomic mass is 9.87. The van der Waals surface area contributed by atoms with Crippen molar-refractivity contribution in [1.82, 2.24) is 0 Å². The maximum absolute atomic E-state index is 12.4. The third kappa shape index (κ3) is 6.83. The number of alkyl halides is 1. The lowest BCUT2D eigenvalue weighted by Crippen LogP contribution is -2.12. The molecule has 0 bridgehead atoms. The van der Waals surface area contributed by atoms with Crippen LogP contribution in [0.4, 0.5) is 10.1 Å². The molecule has 2 aliphatic carbocycles. The van der Waals surface area contributed by atoms with Crippen LogP contribution in [0, 0.1) is 5.92 Å². The van der Waals surface area contributed by atoms with Gasteiger partial charge in [0.1, 0.15) is 11.5 Å². The summed E-state index contributed by atoms with van der Waals surface area (Å²) in [7, 11) is 0. The summed E-state index contributed by atoms with van der Waals surface area (Å²) < 4.78 is 24.5. The van der Waals surface area contributed by atoms with Crippen molar-refractivity contribution in [2.75, 3.05) is 19.0 Å². The van der Waals surface area contributed by atoms with Crippen LogP contribution in [0.3, 0.4) is 0 Å². The minimum Gasteiger partial charge on any atom is -0.494 e. The highest BCUT2D eigenvalue weighted by Crippen LogP contribution is 2.43. The monoisotopic (exact) mass is 561 g/mol. The largest absolute Gasteiger partial charge is 0.494 e. The standard InChI is InChI=1S/C35H41ClFNO2/c1-2-39-29-17-19-32(34(36)23-29)33-9-6-8-26-22-27(38)13-18-31(26)35(33)25-11-15-28(16-12-25)40-30-14-10-24(21-30)7-4-3-5-20-37/h11-13,15-19,22-24,30H,2-10,14,20-21,38H2,1H3. The van der Waals surface area contributed by atoms with Gasteiger partial charge in [-0.15, -0.1) is 0 Å². The van der Waals surface area contributed by atoms with Crippen LogP contribution < -0.4 is 15.2 Å². The van der Waals surface area contributed by atoms with Gasteiger partial charge in [0.25, 0.3) is 0 Å². The van der Waals surface area contributed by atoms with Gasteiger partial charge in [0.15, 0.2) is 0 Å². The van der Waals surface area contributed by atoms with Crippen LogP contribution in [0.2, 0.25) is 5.02 Å². The van der Waals surface area contributed by atoms with E-state index >= 15 is 0 Å². The van der Waals surface area contributed by atoms with Crippen molar-refractivity contribution in [3.63, 3.8) is 0 Å². The van der Waals surface area contributed by atoms with Crippen molar-refractivity contribution in [3.05, 3.63) is 87.9 Å². The molecule has 2 aliphatic rings. The Hall–Kier alpha value is -2.98. The van der Waals surface area contributed by atoms with Crippen molar-refractivity contribution in [3.8, 4) is 11.5 Å². The highest BCUT2D eigenvalue weighted by Gasteiger charge is 2.26. The van der Waals surface area contributed by atoms with Gasteiger partial charge in [0.2, 0.25) is 0 Å². The molecule has 0 aromatic heterocycles. The Labute approximate surface area is 243 Å². The lowest BCUT2D eigenvalue weighted by molar-refractivity contribution is 0.203. The van der Waals surface area contributed by atoms with Crippen LogP contribution in [0.15, 0.2) is 60.7 Å². The summed E-state index contributed by atoms with van der Waals surface area (Å²) in [6, 6.07) is 20.9. The molecule has 1 fully saturated rings. The summed E-state index contributed by atoms with van der Waals surface area (Å²) in [5.74, 6) is 2.40. The average molecular weight is 562 g/mol. The molecule has 0 saturated heterocycles. The van der Waals surface area contributed by atoms with E-state index in [1.807, 2.05) is 25.1 Å². The van der Waals surface area contributed by atoms with Crippen LogP contribution in [-0.2, 0) is 6.42 Å². The SMILES string of the molecule is CCOc1ccc(C2=C(c3ccc(OC4CCC(CCCCCF)C4)cc3)c3ccc(N)cc3CCC2)c(Cl)c1. The number of benzene rings is 3. The van der Waals surface area contributed by atoms with E-state index < -0.39 is 0 Å². The number of allylic oxidation sites excluding steroid dienone is 1. The first-order valence-corrected chi connectivity index (χ1v) is 15.3. The number of ether oxygens (including phenoxy) is 2. The van der Waals surface area contributed by atoms with Crippen LogP contribution in [-0.4, -0.2) is 19.4 Å². The first-order valence-electron chi connectivity index (χ1n) is 14.9. The molecule has 2 atom stereocenters. The van der Waals surface area contributed by atoms with E-state index in [1.54, 1.807) is 0 Å². The number of anilines is 1. The van der Waals surface area contributed by atoms with Gasteiger partial charge in [-0.05, 0) is 134 Å². The predicted octanol–water partition coefficient (Wildman–Crippen LogP) is 9.69. The smallest absolute Gasteiger partial charge is 0.120 e. The quantitative estimate of drug-likeness (QED) is 0.187. The van der Waals surface area contributed by atoms with Crippen LogP contribution in [0.1, 0.15) is 87.0 Å². The Balaban J connectivity index is 1.41. The van der Waals surface area contributed by atoms with E-state index in [0.717, 1.165) is 73.3 Å². The number of halogens is 2. The topological polar surface area (TPSA) is 44.5 Å². The minimum atomic E-state index is -0.197. The average Bonchev–Trinajstić information content (AvgIpc) is 3.31. The van der Waals surface area contributed by atoms with Crippen LogP contribution >= 0.6 is 11.6 Å². The van der Waals surface area contributed by atoms with Gasteiger partial charge in [0.05, 0.1) is 24.4 Å². The van der Waals surface area contributed by atoms with Gasteiger partial charge >= 0.3 is 0 Å². The maximum Gasteiger partial charge on any atom is 0.120 e. The number of nitrogen functional groups attached to an aromatic ring is 1. The Morgan fingerprint density at radius 1 is 0.900 bits per heavy atom. The van der Waals surface area contributed by atoms with E-state index in [2.05, 4.69) is 42.5 Å². The van der Waals surface area contributed by atoms with Gasteiger partial charge in [-0.1, -0.05) is 49.1 Å². The Bertz CT molecular complexity index is 1320. The number of fused-ring (bicyclic) bond motifs is 1. The van der Waals surface area contributed by atoms with Crippen LogP contribution in [0.25, 0.3) is 11.1 Å². The van der Waals surface area contributed by atoms with Crippen molar-refractivity contribution in [2.45, 2.75) is 77.2 Å². The molecule has 3 aromatic rings. The van der Waals surface area contributed by atoms with E-state index in [4.69, 9.17) is 26.8 Å². The third-order valence-corrected chi connectivity index (χ3v) is 8.65. The van der Waals surface area contributed by atoms with E-state index in [0.29, 0.717) is 24.0 Å². The number of nitrogens with two attached hydrogens (primary N) is 1. The lowest BCUT2D eigenvalue weighted by Gasteiger charge is -2.19. The summed E-state index contributed by atoms with van der Waals surface area (Å²) >= 11 is 6.87. The molecule has 5 heteroatoms. The Kier molecular flexibility index (Phi) is 9.70. The zero-order valence-electron chi connectivity index (χ0n) is 23.6. The second kappa shape index (κ2) is 13.6. The second-order valence-corrected chi connectivity index (χ2v) is 11.6. The molecule has 0 spiro atoms. The zero-order valence-corrected chi connectivity index (χ0v) is 24.3. The molecule has 212 valence electrons. The van der Waals surface area contributed by atoms with Gasteiger partial charge in [-0.25, -0.2) is 0 Å². The van der Waals surface area contributed by atoms with E-state index in [1.165, 1.54) is 35.1 Å². The Morgan fingerprint density at radius 2 is 1.70 bits per heavy atom. The summed E-state index contributed by atoms with van der Waals surface area (Å²) in [4.78, 5) is 0. The summed E-state index contributed by atoms with van der Waals surface area (Å²) in [5.41, 5.74) is 14.1. The predicted molar refractivity (Wildman–Crippen MR) is 165 cm³/mol. The highest BCUT2D eigenvalue weighted by atomic mass is 35.5. The number of hydrogen-bond donors (Lipinski definition) is 1. The van der Waals surface area contributed by atoms with Crippen LogP contribution in [0.5, 0.6) is 11.5 Å². The van der Waals surface area contributed by atoms with E-state index in [-0.39, 0.29) is 12.8 Å². The van der Waals surface area contributed by atoms with Gasteiger partial charge in [0, 0.05) is 5.69 Å². The molecule has 3 nitrogen and oxygen atoms in total. The third-order valence-electron chi connectivity index (χ3n) is 8.33. The molecule has 3 aromatic carbocycles. The molecule has 0 amide bonds. The van der Waals surface area contributed by atoms with Crippen molar-refractivity contribution < 1.29 is 13.9 Å². The number of hydrogen-bond acceptors (Lipinski definition) is 3. The molecule has 2 unspecified atom stereocenters. The molecular formula is C35H41ClFNO2. The van der Waals surface area contributed by atoms with Crippen molar-refractivity contribution in [2.24, 2.45) is 5.92 Å². The first-order chi connectivity index (χ1) is 19.6. The molecule has 0 aliphatic heterocycles. The van der Waals surface area contributed by atoms with Gasteiger partial charge in [-0.2, -0.15) is 0 Å². The molecule has 0 radical (unpaired) electrons. The van der Waals surface area contributed by atoms with Crippen molar-refractivity contribution >= 4 is 28.4 Å². The molecular weight excluding hydrogens is 521 g/mol. The Morgan fingerprint density at radius 3 is 2.48 bits per heavy atom. The zero-order chi connectivity index (χ0) is 27.9. The van der Waals surface area contributed by atoms with Crippen molar-refractivity contribution in [1.29, 1.82) is 0 Å². The van der Waals surface area contributed by atoms with E-state index in [9.17, 15) is 4.39 Å².